The number of phenols is 2. The monoisotopic (exact) mass is 374 g/mol. The third kappa shape index (κ3) is 7.92. The van der Waals surface area contributed by atoms with Crippen molar-refractivity contribution in [1.82, 2.24) is 0 Å². The van der Waals surface area contributed by atoms with Gasteiger partial charge in [-0.25, -0.2) is 4.79 Å². The summed E-state index contributed by atoms with van der Waals surface area (Å²) in [7, 11) is 0. The van der Waals surface area contributed by atoms with Crippen LogP contribution in [0, 0.1) is 0 Å². The van der Waals surface area contributed by atoms with E-state index in [-0.39, 0.29) is 35.7 Å². The van der Waals surface area contributed by atoms with Crippen molar-refractivity contribution in [2.75, 3.05) is 6.61 Å². The van der Waals surface area contributed by atoms with Gasteiger partial charge in [0.2, 0.25) is 0 Å². The van der Waals surface area contributed by atoms with Crippen molar-refractivity contribution in [3.8, 4) is 11.5 Å². The van der Waals surface area contributed by atoms with Crippen LogP contribution in [-0.2, 0) is 4.79 Å². The molecule has 0 saturated heterocycles. The number of allylic oxidation sites excluding steroid dienone is 4. The maximum atomic E-state index is 12.2. The van der Waals surface area contributed by atoms with Gasteiger partial charge in [0.1, 0.15) is 11.5 Å². The number of aliphatic carboxylic acids is 1. The van der Waals surface area contributed by atoms with E-state index < -0.39 is 11.8 Å². The average molecular weight is 374 g/mol. The predicted octanol–water partition coefficient (Wildman–Crippen LogP) is 3.74. The van der Waals surface area contributed by atoms with Crippen LogP contribution in [-0.4, -0.2) is 38.8 Å². The van der Waals surface area contributed by atoms with E-state index in [4.69, 9.17) is 5.11 Å². The summed E-state index contributed by atoms with van der Waals surface area (Å²) in [5.74, 6) is -2.38. The number of carbonyl (C=O) groups is 2. The molecular weight excluding hydrogens is 348 g/mol. The highest BCUT2D eigenvalue weighted by molar-refractivity contribution is 6.10. The number of aliphatic hydroxyl groups excluding tert-OH is 1. The number of hydrogen-bond acceptors (Lipinski definition) is 5. The quantitative estimate of drug-likeness (QED) is 0.215. The minimum absolute atomic E-state index is 0.0400. The molecule has 6 nitrogen and oxygen atoms in total. The maximum Gasteiger partial charge on any atom is 0.331 e. The molecule has 1 rings (SSSR count). The topological polar surface area (TPSA) is 115 Å². The minimum Gasteiger partial charge on any atom is -0.508 e. The van der Waals surface area contributed by atoms with Crippen molar-refractivity contribution < 1.29 is 30.0 Å². The molecule has 27 heavy (non-hydrogen) atoms. The van der Waals surface area contributed by atoms with Gasteiger partial charge in [0.25, 0.3) is 0 Å². The SMILES string of the molecule is CC(=CCCC(C)=CCCC(=CC(=O)c1cc(O)ccc1O)C(=O)O)CO. The molecule has 1 aromatic carbocycles. The number of hydrogen-bond donors (Lipinski definition) is 4. The summed E-state index contributed by atoms with van der Waals surface area (Å²) >= 11 is 0. The van der Waals surface area contributed by atoms with Crippen LogP contribution in [0.2, 0.25) is 0 Å². The second kappa shape index (κ2) is 11.0. The first-order chi connectivity index (χ1) is 12.7. The second-order valence-electron chi connectivity index (χ2n) is 6.38. The van der Waals surface area contributed by atoms with Gasteiger partial charge in [0.15, 0.2) is 5.78 Å². The number of benzene rings is 1. The molecule has 0 aliphatic carbocycles. The fraction of sp³-hybridized carbons (Fsp3) is 0.333. The number of aromatic hydroxyl groups is 2. The molecule has 146 valence electrons. The van der Waals surface area contributed by atoms with Gasteiger partial charge < -0.3 is 20.4 Å². The van der Waals surface area contributed by atoms with E-state index in [0.717, 1.165) is 36.1 Å². The van der Waals surface area contributed by atoms with Crippen molar-refractivity contribution >= 4 is 11.8 Å². The fourth-order valence-corrected chi connectivity index (χ4v) is 2.39. The molecule has 0 spiro atoms. The first kappa shape index (κ1) is 22.2. The van der Waals surface area contributed by atoms with Gasteiger partial charge in [-0.05, 0) is 63.8 Å². The zero-order valence-corrected chi connectivity index (χ0v) is 15.6. The van der Waals surface area contributed by atoms with E-state index in [0.29, 0.717) is 6.42 Å². The average Bonchev–Trinajstić information content (AvgIpc) is 2.62. The van der Waals surface area contributed by atoms with Crippen LogP contribution in [0.15, 0.2) is 53.1 Å². The molecule has 0 radical (unpaired) electrons. The van der Waals surface area contributed by atoms with Crippen LogP contribution in [0.4, 0.5) is 0 Å². The van der Waals surface area contributed by atoms with Crippen LogP contribution in [0.25, 0.3) is 0 Å². The standard InChI is InChI=1S/C21H26O6/c1-14(5-3-7-15(2)13-22)6-4-8-16(21(26)27)11-20(25)18-12-17(23)9-10-19(18)24/h6-7,9-12,22-24H,3-5,8,13H2,1-2H3,(H,26,27). The van der Waals surface area contributed by atoms with Crippen LogP contribution in [0.3, 0.4) is 0 Å². The Hall–Kier alpha value is -2.86. The molecule has 6 heteroatoms. The number of ketones is 1. The minimum atomic E-state index is -1.20. The molecule has 0 aromatic heterocycles. The smallest absolute Gasteiger partial charge is 0.331 e. The molecule has 0 saturated carbocycles. The molecule has 0 fully saturated rings. The fourth-order valence-electron chi connectivity index (χ4n) is 2.39. The number of carboxylic acids is 1. The Balaban J connectivity index is 2.75. The first-order valence-corrected chi connectivity index (χ1v) is 8.67. The molecule has 0 heterocycles. The van der Waals surface area contributed by atoms with Crippen LogP contribution in [0.1, 0.15) is 49.9 Å². The third-order valence-electron chi connectivity index (χ3n) is 4.01. The highest BCUT2D eigenvalue weighted by atomic mass is 16.4. The molecular formula is C21H26O6. The lowest BCUT2D eigenvalue weighted by Crippen LogP contribution is -2.05. The molecule has 0 amide bonds. The Bertz CT molecular complexity index is 771. The van der Waals surface area contributed by atoms with Gasteiger partial charge in [-0.2, -0.15) is 0 Å². The largest absolute Gasteiger partial charge is 0.508 e. The van der Waals surface area contributed by atoms with E-state index in [1.165, 1.54) is 12.1 Å². The van der Waals surface area contributed by atoms with Crippen LogP contribution < -0.4 is 0 Å². The number of phenolic OH excluding ortho intramolecular Hbond substituents is 2. The van der Waals surface area contributed by atoms with E-state index in [9.17, 15) is 24.9 Å². The normalized spacial score (nSPS) is 12.9. The van der Waals surface area contributed by atoms with E-state index in [1.807, 2.05) is 26.0 Å². The zero-order chi connectivity index (χ0) is 20.4. The Morgan fingerprint density at radius 1 is 1.00 bits per heavy atom. The van der Waals surface area contributed by atoms with Crippen LogP contribution >= 0.6 is 0 Å². The lowest BCUT2D eigenvalue weighted by atomic mass is 10.0. The van der Waals surface area contributed by atoms with Crippen molar-refractivity contribution in [3.05, 3.63) is 58.7 Å². The van der Waals surface area contributed by atoms with Gasteiger partial charge in [0.05, 0.1) is 12.2 Å². The molecule has 0 aliphatic rings. The Morgan fingerprint density at radius 3 is 2.26 bits per heavy atom. The van der Waals surface area contributed by atoms with E-state index >= 15 is 0 Å². The van der Waals surface area contributed by atoms with Gasteiger partial charge in [-0.1, -0.05) is 23.3 Å². The summed E-state index contributed by atoms with van der Waals surface area (Å²) in [6, 6.07) is 3.51. The second-order valence-corrected chi connectivity index (χ2v) is 6.38. The van der Waals surface area contributed by atoms with Crippen molar-refractivity contribution in [3.63, 3.8) is 0 Å². The predicted molar refractivity (Wildman–Crippen MR) is 103 cm³/mol. The first-order valence-electron chi connectivity index (χ1n) is 8.67. The van der Waals surface area contributed by atoms with E-state index in [1.54, 1.807) is 0 Å². The van der Waals surface area contributed by atoms with Crippen molar-refractivity contribution in [1.29, 1.82) is 0 Å². The Morgan fingerprint density at radius 2 is 1.63 bits per heavy atom. The molecule has 0 atom stereocenters. The van der Waals surface area contributed by atoms with Crippen LogP contribution in [0.5, 0.6) is 11.5 Å². The lowest BCUT2D eigenvalue weighted by molar-refractivity contribution is -0.132. The molecule has 4 N–H and O–H groups in total. The zero-order valence-electron chi connectivity index (χ0n) is 15.6. The van der Waals surface area contributed by atoms with Gasteiger partial charge >= 0.3 is 5.97 Å². The maximum absolute atomic E-state index is 12.2. The third-order valence-corrected chi connectivity index (χ3v) is 4.01. The molecule has 0 aliphatic heterocycles. The summed E-state index contributed by atoms with van der Waals surface area (Å²) in [5, 5.41) is 37.4. The summed E-state index contributed by atoms with van der Waals surface area (Å²) in [6.07, 6.45) is 7.10. The molecule has 0 unspecified atom stereocenters. The van der Waals surface area contributed by atoms with Crippen molar-refractivity contribution in [2.24, 2.45) is 0 Å². The summed E-state index contributed by atoms with van der Waals surface area (Å²) < 4.78 is 0. The van der Waals surface area contributed by atoms with Gasteiger partial charge in [-0.3, -0.25) is 4.79 Å². The summed E-state index contributed by atoms with van der Waals surface area (Å²) in [5.41, 5.74) is 1.79. The van der Waals surface area contributed by atoms with Gasteiger partial charge in [-0.15, -0.1) is 0 Å². The van der Waals surface area contributed by atoms with E-state index in [2.05, 4.69) is 0 Å². The summed E-state index contributed by atoms with van der Waals surface area (Å²) in [6.45, 7) is 3.84. The summed E-state index contributed by atoms with van der Waals surface area (Å²) in [4.78, 5) is 23.6. The van der Waals surface area contributed by atoms with Crippen molar-refractivity contribution in [2.45, 2.75) is 39.5 Å². The Kier molecular flexibility index (Phi) is 9.02. The molecule has 1 aromatic rings. The number of carboxylic acid groups (broad SMARTS) is 1. The van der Waals surface area contributed by atoms with Gasteiger partial charge in [0, 0.05) is 5.57 Å². The number of carbonyl (C=O) groups excluding carboxylic acids is 1. The Labute approximate surface area is 158 Å². The molecule has 0 bridgehead atoms. The highest BCUT2D eigenvalue weighted by Gasteiger charge is 2.14. The lowest BCUT2D eigenvalue weighted by Gasteiger charge is -2.04. The number of rotatable bonds is 10. The number of aliphatic hydroxyl groups is 1. The highest BCUT2D eigenvalue weighted by Crippen LogP contribution is 2.23.